The fourth-order valence-corrected chi connectivity index (χ4v) is 4.11. The van der Waals surface area contributed by atoms with Gasteiger partial charge in [-0.3, -0.25) is 4.79 Å². The van der Waals surface area contributed by atoms with Crippen LogP contribution >= 0.6 is 23.2 Å². The summed E-state index contributed by atoms with van der Waals surface area (Å²) in [6.45, 7) is 1.32. The molecule has 1 unspecified atom stereocenters. The monoisotopic (exact) mass is 445 g/mol. The lowest BCUT2D eigenvalue weighted by Gasteiger charge is -2.31. The molecular weight excluding hydrogens is 429 g/mol. The van der Waals surface area contributed by atoms with Gasteiger partial charge in [0.05, 0.1) is 16.5 Å². The van der Waals surface area contributed by atoms with E-state index in [1.54, 1.807) is 23.1 Å². The van der Waals surface area contributed by atoms with Crippen molar-refractivity contribution >= 4 is 29.1 Å². The van der Waals surface area contributed by atoms with Crippen molar-refractivity contribution in [3.8, 4) is 23.0 Å². The standard InChI is InChI=1S/C21H17Cl2N3O4/c22-14-4-5-16(23)15(9-14)21(27)26-7-1-2-13(10-26)20-25-24-19(30-20)12-3-6-17-18(8-12)29-11-28-17/h3-6,8-9,13H,1-2,7,10-11H2. The molecule has 1 amide bonds. The van der Waals surface area contributed by atoms with Crippen LogP contribution < -0.4 is 9.47 Å². The van der Waals surface area contributed by atoms with Crippen molar-refractivity contribution < 1.29 is 18.7 Å². The van der Waals surface area contributed by atoms with Crippen LogP contribution in [0.1, 0.15) is 35.0 Å². The maximum Gasteiger partial charge on any atom is 0.255 e. The molecule has 1 aromatic heterocycles. The number of benzene rings is 2. The number of piperidine rings is 1. The van der Waals surface area contributed by atoms with Gasteiger partial charge in [0, 0.05) is 23.7 Å². The number of likely N-dealkylation sites (tertiary alicyclic amines) is 1. The Morgan fingerprint density at radius 3 is 2.83 bits per heavy atom. The Morgan fingerprint density at radius 2 is 1.93 bits per heavy atom. The fraction of sp³-hybridized carbons (Fsp3) is 0.286. The molecule has 30 heavy (non-hydrogen) atoms. The predicted octanol–water partition coefficient (Wildman–Crippen LogP) is 4.79. The Hall–Kier alpha value is -2.77. The summed E-state index contributed by atoms with van der Waals surface area (Å²) in [5.74, 6) is 2.07. The number of carbonyl (C=O) groups excluding carboxylic acids is 1. The summed E-state index contributed by atoms with van der Waals surface area (Å²) in [7, 11) is 0. The van der Waals surface area contributed by atoms with Gasteiger partial charge in [0.25, 0.3) is 5.91 Å². The van der Waals surface area contributed by atoms with E-state index in [0.717, 1.165) is 18.4 Å². The maximum atomic E-state index is 13.0. The highest BCUT2D eigenvalue weighted by Crippen LogP contribution is 2.36. The molecule has 3 aromatic rings. The molecule has 1 saturated heterocycles. The number of fused-ring (bicyclic) bond motifs is 1. The zero-order chi connectivity index (χ0) is 20.7. The molecule has 5 rings (SSSR count). The number of rotatable bonds is 3. The van der Waals surface area contributed by atoms with Gasteiger partial charge in [-0.25, -0.2) is 0 Å². The van der Waals surface area contributed by atoms with Crippen LogP contribution in [0.3, 0.4) is 0 Å². The molecule has 1 fully saturated rings. The lowest BCUT2D eigenvalue weighted by atomic mass is 9.97. The van der Waals surface area contributed by atoms with Gasteiger partial charge in [-0.1, -0.05) is 23.2 Å². The first-order valence-electron chi connectivity index (χ1n) is 9.56. The van der Waals surface area contributed by atoms with Crippen LogP contribution in [0.25, 0.3) is 11.5 Å². The van der Waals surface area contributed by atoms with E-state index >= 15 is 0 Å². The van der Waals surface area contributed by atoms with Gasteiger partial charge in [-0.2, -0.15) is 0 Å². The number of aromatic nitrogens is 2. The SMILES string of the molecule is O=C(c1cc(Cl)ccc1Cl)N1CCCC(c2nnc(-c3ccc4c(c3)OCO4)o2)C1. The number of amides is 1. The first kappa shape index (κ1) is 19.2. The van der Waals surface area contributed by atoms with E-state index in [0.29, 0.717) is 52.0 Å². The Labute approximate surface area is 182 Å². The summed E-state index contributed by atoms with van der Waals surface area (Å²) < 4.78 is 16.7. The Bertz CT molecular complexity index is 1120. The van der Waals surface area contributed by atoms with Gasteiger partial charge in [-0.05, 0) is 49.2 Å². The molecule has 0 N–H and O–H groups in total. The predicted molar refractivity (Wildman–Crippen MR) is 110 cm³/mol. The number of hydrogen-bond donors (Lipinski definition) is 0. The molecule has 3 heterocycles. The topological polar surface area (TPSA) is 77.7 Å². The van der Waals surface area contributed by atoms with E-state index in [4.69, 9.17) is 37.1 Å². The zero-order valence-corrected chi connectivity index (χ0v) is 17.3. The van der Waals surface area contributed by atoms with Crippen LogP contribution in [-0.2, 0) is 0 Å². The highest BCUT2D eigenvalue weighted by Gasteiger charge is 2.30. The third-order valence-corrected chi connectivity index (χ3v) is 5.84. The van der Waals surface area contributed by atoms with Crippen LogP contribution in [0.5, 0.6) is 11.5 Å². The normalized spacial score (nSPS) is 17.9. The van der Waals surface area contributed by atoms with Gasteiger partial charge in [-0.15, -0.1) is 10.2 Å². The largest absolute Gasteiger partial charge is 0.454 e. The van der Waals surface area contributed by atoms with Gasteiger partial charge in [0.1, 0.15) is 0 Å². The third-order valence-electron chi connectivity index (χ3n) is 5.28. The van der Waals surface area contributed by atoms with E-state index in [2.05, 4.69) is 10.2 Å². The number of hydrogen-bond acceptors (Lipinski definition) is 6. The molecule has 1 atom stereocenters. The van der Waals surface area contributed by atoms with Crippen molar-refractivity contribution in [3.05, 3.63) is 57.9 Å². The van der Waals surface area contributed by atoms with Crippen LogP contribution in [0.2, 0.25) is 10.0 Å². The Balaban J connectivity index is 1.34. The summed E-state index contributed by atoms with van der Waals surface area (Å²) in [5.41, 5.74) is 1.16. The van der Waals surface area contributed by atoms with Crippen molar-refractivity contribution in [1.29, 1.82) is 0 Å². The van der Waals surface area contributed by atoms with Crippen LogP contribution in [0.15, 0.2) is 40.8 Å². The minimum absolute atomic E-state index is 0.0454. The highest BCUT2D eigenvalue weighted by atomic mass is 35.5. The number of halogens is 2. The van der Waals surface area contributed by atoms with Gasteiger partial charge < -0.3 is 18.8 Å². The second kappa shape index (κ2) is 7.81. The number of carbonyl (C=O) groups is 1. The quantitative estimate of drug-likeness (QED) is 0.576. The molecule has 0 bridgehead atoms. The molecule has 0 spiro atoms. The summed E-state index contributed by atoms with van der Waals surface area (Å²) in [4.78, 5) is 14.7. The second-order valence-electron chi connectivity index (χ2n) is 7.23. The van der Waals surface area contributed by atoms with E-state index in [9.17, 15) is 4.79 Å². The van der Waals surface area contributed by atoms with Crippen molar-refractivity contribution in [3.63, 3.8) is 0 Å². The Kier molecular flexibility index (Phi) is 5.00. The summed E-state index contributed by atoms with van der Waals surface area (Å²) >= 11 is 12.3. The summed E-state index contributed by atoms with van der Waals surface area (Å²) in [6.07, 6.45) is 1.69. The van der Waals surface area contributed by atoms with Crippen molar-refractivity contribution in [1.82, 2.24) is 15.1 Å². The lowest BCUT2D eigenvalue weighted by molar-refractivity contribution is 0.0698. The molecule has 7 nitrogen and oxygen atoms in total. The van der Waals surface area contributed by atoms with Crippen LogP contribution in [-0.4, -0.2) is 40.9 Å². The van der Waals surface area contributed by atoms with Gasteiger partial charge >= 0.3 is 0 Å². The average Bonchev–Trinajstić information content (AvgIpc) is 3.44. The van der Waals surface area contributed by atoms with Crippen molar-refractivity contribution in [2.24, 2.45) is 0 Å². The van der Waals surface area contributed by atoms with Gasteiger partial charge in [0.2, 0.25) is 18.6 Å². The zero-order valence-electron chi connectivity index (χ0n) is 15.8. The minimum Gasteiger partial charge on any atom is -0.454 e. The molecule has 0 aliphatic carbocycles. The van der Waals surface area contributed by atoms with Crippen LogP contribution in [0.4, 0.5) is 0 Å². The first-order valence-corrected chi connectivity index (χ1v) is 10.3. The smallest absolute Gasteiger partial charge is 0.255 e. The molecule has 0 radical (unpaired) electrons. The average molecular weight is 446 g/mol. The molecule has 2 aliphatic rings. The van der Waals surface area contributed by atoms with E-state index in [1.807, 2.05) is 18.2 Å². The lowest BCUT2D eigenvalue weighted by Crippen LogP contribution is -2.39. The number of ether oxygens (including phenoxy) is 2. The highest BCUT2D eigenvalue weighted by molar-refractivity contribution is 6.35. The van der Waals surface area contributed by atoms with E-state index in [-0.39, 0.29) is 18.6 Å². The molecule has 9 heteroatoms. The van der Waals surface area contributed by atoms with Crippen LogP contribution in [0, 0.1) is 0 Å². The molecule has 0 saturated carbocycles. The molecule has 2 aliphatic heterocycles. The summed E-state index contributed by atoms with van der Waals surface area (Å²) in [6, 6.07) is 10.4. The Morgan fingerprint density at radius 1 is 1.07 bits per heavy atom. The van der Waals surface area contributed by atoms with Crippen molar-refractivity contribution in [2.45, 2.75) is 18.8 Å². The number of nitrogens with zero attached hydrogens (tertiary/aromatic N) is 3. The van der Waals surface area contributed by atoms with E-state index in [1.165, 1.54) is 0 Å². The van der Waals surface area contributed by atoms with Crippen molar-refractivity contribution in [2.75, 3.05) is 19.9 Å². The first-order chi connectivity index (χ1) is 14.6. The fourth-order valence-electron chi connectivity index (χ4n) is 3.74. The summed E-state index contributed by atoms with van der Waals surface area (Å²) in [5, 5.41) is 9.28. The van der Waals surface area contributed by atoms with Gasteiger partial charge in [0.15, 0.2) is 11.5 Å². The molecular formula is C21H17Cl2N3O4. The minimum atomic E-state index is -0.150. The van der Waals surface area contributed by atoms with E-state index < -0.39 is 0 Å². The maximum absolute atomic E-state index is 13.0. The second-order valence-corrected chi connectivity index (χ2v) is 8.07. The molecule has 154 valence electrons. The third kappa shape index (κ3) is 3.59. The molecule has 2 aromatic carbocycles.